The number of carbonyl (C=O) groups is 2. The van der Waals surface area contributed by atoms with E-state index in [1.165, 1.54) is 30.5 Å². The number of aromatic amines is 1. The number of anilines is 1. The molecule has 1 unspecified atom stereocenters. The number of benzene rings is 2. The number of ketones is 1. The van der Waals surface area contributed by atoms with Gasteiger partial charge in [-0.05, 0) is 48.9 Å². The van der Waals surface area contributed by atoms with Crippen LogP contribution in [0, 0.1) is 17.0 Å². The summed E-state index contributed by atoms with van der Waals surface area (Å²) in [5.74, 6) is -1.92. The first kappa shape index (κ1) is 20.2. The van der Waals surface area contributed by atoms with Crippen molar-refractivity contribution in [3.05, 3.63) is 93.4 Å². The molecule has 5 rings (SSSR count). The fourth-order valence-electron chi connectivity index (χ4n) is 3.89. The second kappa shape index (κ2) is 7.45. The van der Waals surface area contributed by atoms with Gasteiger partial charge in [0.05, 0.1) is 27.8 Å². The molecule has 1 amide bonds. The zero-order valence-corrected chi connectivity index (χ0v) is 17.2. The number of fused-ring (bicyclic) bond motifs is 1. The number of furan rings is 1. The maximum Gasteiger partial charge on any atom is 0.302 e. The Morgan fingerprint density at radius 2 is 1.94 bits per heavy atom. The molecule has 3 heterocycles. The number of nitro benzene ring substituents is 1. The summed E-state index contributed by atoms with van der Waals surface area (Å²) in [6.07, 6.45) is 1.39. The van der Waals surface area contributed by atoms with E-state index in [2.05, 4.69) is 9.97 Å². The zero-order valence-electron chi connectivity index (χ0n) is 17.2. The molecule has 4 aromatic rings. The van der Waals surface area contributed by atoms with Crippen LogP contribution in [0.3, 0.4) is 0 Å². The van der Waals surface area contributed by atoms with Crippen LogP contribution in [0.15, 0.2) is 70.9 Å². The molecule has 0 saturated carbocycles. The molecule has 0 aliphatic carbocycles. The normalized spacial score (nSPS) is 17.7. The van der Waals surface area contributed by atoms with Crippen molar-refractivity contribution in [1.29, 1.82) is 0 Å². The van der Waals surface area contributed by atoms with Gasteiger partial charge >= 0.3 is 5.91 Å². The van der Waals surface area contributed by atoms with E-state index in [0.717, 1.165) is 10.5 Å². The van der Waals surface area contributed by atoms with Crippen molar-refractivity contribution >= 4 is 40.1 Å². The Hall–Kier alpha value is -4.73. The van der Waals surface area contributed by atoms with Gasteiger partial charge in [-0.15, -0.1) is 0 Å². The van der Waals surface area contributed by atoms with Crippen molar-refractivity contribution in [1.82, 2.24) is 9.97 Å². The number of hydrogen-bond donors (Lipinski definition) is 2. The minimum absolute atomic E-state index is 0.127. The van der Waals surface area contributed by atoms with Gasteiger partial charge < -0.3 is 14.5 Å². The number of H-pyrrole nitrogens is 1. The molecule has 164 valence electrons. The molecule has 1 fully saturated rings. The number of aromatic nitrogens is 2. The third-order valence-corrected chi connectivity index (χ3v) is 5.46. The van der Waals surface area contributed by atoms with Crippen LogP contribution in [-0.2, 0) is 9.59 Å². The highest BCUT2D eigenvalue weighted by Gasteiger charge is 2.49. The smallest absolute Gasteiger partial charge is 0.302 e. The van der Waals surface area contributed by atoms with Crippen molar-refractivity contribution in [3.8, 4) is 0 Å². The summed E-state index contributed by atoms with van der Waals surface area (Å²) in [7, 11) is 0. The first-order chi connectivity index (χ1) is 15.8. The van der Waals surface area contributed by atoms with Crippen molar-refractivity contribution in [2.24, 2.45) is 0 Å². The van der Waals surface area contributed by atoms with E-state index in [1.54, 1.807) is 18.2 Å². The van der Waals surface area contributed by atoms with E-state index < -0.39 is 28.4 Å². The predicted octanol–water partition coefficient (Wildman–Crippen LogP) is 4.00. The molecule has 33 heavy (non-hydrogen) atoms. The summed E-state index contributed by atoms with van der Waals surface area (Å²) < 4.78 is 5.50. The summed E-state index contributed by atoms with van der Waals surface area (Å²) in [6.45, 7) is 1.92. The number of Topliss-reactive ketones (excluding diaryl/α,β-unsaturated/α-hetero) is 1. The summed E-state index contributed by atoms with van der Waals surface area (Å²) in [5, 5.41) is 21.9. The van der Waals surface area contributed by atoms with Crippen molar-refractivity contribution in [3.63, 3.8) is 0 Å². The Morgan fingerprint density at radius 3 is 2.61 bits per heavy atom. The number of nitrogens with zero attached hydrogens (tertiary/aromatic N) is 3. The predicted molar refractivity (Wildman–Crippen MR) is 117 cm³/mol. The largest absolute Gasteiger partial charge is 0.507 e. The number of aliphatic hydroxyl groups is 1. The average molecular weight is 444 g/mol. The highest BCUT2D eigenvalue weighted by atomic mass is 16.6. The number of hydrogen-bond acceptors (Lipinski definition) is 7. The van der Waals surface area contributed by atoms with Gasteiger partial charge in [-0.1, -0.05) is 6.07 Å². The molecule has 2 aromatic carbocycles. The van der Waals surface area contributed by atoms with Crippen LogP contribution >= 0.6 is 0 Å². The molecule has 1 saturated heterocycles. The standard InChI is InChI=1S/C23H16N4O6/c1-12-4-9-15-16(11-12)25-23(24-15)26-19(17-3-2-10-33-17)18(21(29)22(26)30)20(28)13-5-7-14(8-6-13)27(31)32/h2-11,19,28H,1H3,(H,24,25)/b20-18+. The Morgan fingerprint density at radius 1 is 1.18 bits per heavy atom. The van der Waals surface area contributed by atoms with E-state index in [-0.39, 0.29) is 28.5 Å². The highest BCUT2D eigenvalue weighted by molar-refractivity contribution is 6.51. The highest BCUT2D eigenvalue weighted by Crippen LogP contribution is 2.42. The Labute approximate surface area is 185 Å². The number of amides is 1. The number of aryl methyl sites for hydroxylation is 1. The Bertz CT molecular complexity index is 1450. The lowest BCUT2D eigenvalue weighted by molar-refractivity contribution is -0.384. The summed E-state index contributed by atoms with van der Waals surface area (Å²) in [4.78, 5) is 45.2. The van der Waals surface area contributed by atoms with Gasteiger partial charge in [-0.25, -0.2) is 4.98 Å². The summed E-state index contributed by atoms with van der Waals surface area (Å²) in [6, 6.07) is 12.7. The second-order valence-electron chi connectivity index (χ2n) is 7.57. The summed E-state index contributed by atoms with van der Waals surface area (Å²) >= 11 is 0. The number of rotatable bonds is 4. The van der Waals surface area contributed by atoms with E-state index in [9.17, 15) is 24.8 Å². The minimum Gasteiger partial charge on any atom is -0.507 e. The molecule has 0 bridgehead atoms. The van der Waals surface area contributed by atoms with Crippen LogP contribution in [0.4, 0.5) is 11.6 Å². The molecule has 2 N–H and O–H groups in total. The molecule has 0 spiro atoms. The zero-order chi connectivity index (χ0) is 23.3. The number of carbonyl (C=O) groups excluding carboxylic acids is 2. The van der Waals surface area contributed by atoms with Gasteiger partial charge in [0.15, 0.2) is 0 Å². The summed E-state index contributed by atoms with van der Waals surface area (Å²) in [5.41, 5.74) is 2.04. The lowest BCUT2D eigenvalue weighted by atomic mass is 9.99. The van der Waals surface area contributed by atoms with E-state index >= 15 is 0 Å². The number of nitrogens with one attached hydrogen (secondary N) is 1. The lowest BCUT2D eigenvalue weighted by Gasteiger charge is -2.20. The number of aliphatic hydroxyl groups excluding tert-OH is 1. The Balaban J connectivity index is 1.68. The van der Waals surface area contributed by atoms with E-state index in [4.69, 9.17) is 4.42 Å². The SMILES string of the molecule is Cc1ccc2nc(N3C(=O)C(=O)/C(=C(/O)c4ccc([N+](=O)[O-])cc4)C3c3ccco3)[nH]c2c1. The maximum atomic E-state index is 13.1. The second-order valence-corrected chi connectivity index (χ2v) is 7.57. The van der Waals surface area contributed by atoms with Gasteiger partial charge in [0, 0.05) is 17.7 Å². The molecule has 1 aliphatic heterocycles. The fraction of sp³-hybridized carbons (Fsp3) is 0.0870. The van der Waals surface area contributed by atoms with E-state index in [0.29, 0.717) is 11.0 Å². The first-order valence-corrected chi connectivity index (χ1v) is 9.91. The maximum absolute atomic E-state index is 13.1. The van der Waals surface area contributed by atoms with Crippen LogP contribution in [0.1, 0.15) is 22.9 Å². The number of nitro groups is 1. The average Bonchev–Trinajstić information content (AvgIpc) is 3.52. The first-order valence-electron chi connectivity index (χ1n) is 9.91. The van der Waals surface area contributed by atoms with Crippen LogP contribution in [0.25, 0.3) is 16.8 Å². The third kappa shape index (κ3) is 3.24. The molecule has 10 heteroatoms. The van der Waals surface area contributed by atoms with Gasteiger partial charge in [0.1, 0.15) is 17.6 Å². The molecule has 0 radical (unpaired) electrons. The molecule has 2 aromatic heterocycles. The van der Waals surface area contributed by atoms with Crippen LogP contribution in [0.5, 0.6) is 0 Å². The molecule has 1 atom stereocenters. The van der Waals surface area contributed by atoms with Crippen LogP contribution in [0.2, 0.25) is 0 Å². The van der Waals surface area contributed by atoms with E-state index in [1.807, 2.05) is 19.1 Å². The molecule has 10 nitrogen and oxygen atoms in total. The van der Waals surface area contributed by atoms with Crippen LogP contribution in [-0.4, -0.2) is 31.7 Å². The van der Waals surface area contributed by atoms with Crippen LogP contribution < -0.4 is 4.90 Å². The number of non-ortho nitro benzene ring substituents is 1. The molecule has 1 aliphatic rings. The van der Waals surface area contributed by atoms with Gasteiger partial charge in [0.2, 0.25) is 5.95 Å². The van der Waals surface area contributed by atoms with Gasteiger partial charge in [-0.2, -0.15) is 0 Å². The van der Waals surface area contributed by atoms with Crippen molar-refractivity contribution in [2.75, 3.05) is 4.90 Å². The monoisotopic (exact) mass is 444 g/mol. The quantitative estimate of drug-likeness (QED) is 0.159. The van der Waals surface area contributed by atoms with Crippen molar-refractivity contribution < 1.29 is 24.0 Å². The topological polar surface area (TPSA) is 143 Å². The lowest BCUT2D eigenvalue weighted by Crippen LogP contribution is -2.30. The Kier molecular flexibility index (Phi) is 4.56. The number of imidazole rings is 1. The molecular weight excluding hydrogens is 428 g/mol. The molecular formula is C23H16N4O6. The van der Waals surface area contributed by atoms with Crippen molar-refractivity contribution in [2.45, 2.75) is 13.0 Å². The minimum atomic E-state index is -1.09. The van der Waals surface area contributed by atoms with Gasteiger partial charge in [-0.3, -0.25) is 24.6 Å². The van der Waals surface area contributed by atoms with Gasteiger partial charge in [0.25, 0.3) is 11.5 Å². The third-order valence-electron chi connectivity index (χ3n) is 5.46. The fourth-order valence-corrected chi connectivity index (χ4v) is 3.89.